The number of benzene rings is 2. The van der Waals surface area contributed by atoms with Gasteiger partial charge in [0.2, 0.25) is 0 Å². The average molecular weight is 358 g/mol. The van der Waals surface area contributed by atoms with Crippen LogP contribution < -0.4 is 5.32 Å². The fourth-order valence-electron chi connectivity index (χ4n) is 3.17. The van der Waals surface area contributed by atoms with E-state index in [1.807, 2.05) is 23.1 Å². The predicted molar refractivity (Wildman–Crippen MR) is 103 cm³/mol. The van der Waals surface area contributed by atoms with Crippen LogP contribution in [0.4, 0.5) is 10.5 Å². The topological polar surface area (TPSA) is 35.6 Å². The molecule has 0 aromatic heterocycles. The molecule has 0 aliphatic carbocycles. The van der Waals surface area contributed by atoms with Crippen LogP contribution in [0.15, 0.2) is 54.6 Å². The minimum atomic E-state index is -0.0446. The summed E-state index contributed by atoms with van der Waals surface area (Å²) in [6.45, 7) is 5.61. The van der Waals surface area contributed by atoms with Crippen LogP contribution in [0, 0.1) is 0 Å². The molecular weight excluding hydrogens is 334 g/mol. The van der Waals surface area contributed by atoms with Crippen LogP contribution in [0.3, 0.4) is 0 Å². The maximum absolute atomic E-state index is 12.4. The minimum absolute atomic E-state index is 0.0446. The van der Waals surface area contributed by atoms with Gasteiger partial charge in [-0.25, -0.2) is 4.79 Å². The second-order valence-corrected chi connectivity index (χ2v) is 6.94. The number of rotatable bonds is 4. The van der Waals surface area contributed by atoms with E-state index in [0.717, 1.165) is 38.3 Å². The molecule has 2 amide bonds. The average Bonchev–Trinajstić information content (AvgIpc) is 2.63. The van der Waals surface area contributed by atoms with Crippen LogP contribution in [0.5, 0.6) is 0 Å². The Hall–Kier alpha value is -2.04. The number of halogens is 1. The molecule has 1 unspecified atom stereocenters. The summed E-state index contributed by atoms with van der Waals surface area (Å²) in [7, 11) is 0. The van der Waals surface area contributed by atoms with Crippen molar-refractivity contribution in [3.63, 3.8) is 0 Å². The Kier molecular flexibility index (Phi) is 5.95. The lowest BCUT2D eigenvalue weighted by Gasteiger charge is -2.39. The molecule has 3 rings (SSSR count). The Morgan fingerprint density at radius 3 is 2.52 bits per heavy atom. The van der Waals surface area contributed by atoms with Gasteiger partial charge in [0.05, 0.1) is 0 Å². The molecule has 4 nitrogen and oxygen atoms in total. The Morgan fingerprint density at radius 2 is 1.84 bits per heavy atom. The van der Waals surface area contributed by atoms with E-state index in [2.05, 4.69) is 41.4 Å². The SMILES string of the molecule is CC1CN(C(=O)Nc2ccc(Cl)cc2)CCN1CCc1ccccc1. The summed E-state index contributed by atoms with van der Waals surface area (Å²) in [6, 6.07) is 18.0. The third-order valence-electron chi connectivity index (χ3n) is 4.68. The van der Waals surface area contributed by atoms with Crippen molar-refractivity contribution in [1.82, 2.24) is 9.80 Å². The third kappa shape index (κ3) is 4.97. The number of amides is 2. The molecule has 1 aliphatic heterocycles. The lowest BCUT2D eigenvalue weighted by atomic mass is 10.1. The summed E-state index contributed by atoms with van der Waals surface area (Å²) in [4.78, 5) is 16.8. The number of carbonyl (C=O) groups excluding carboxylic acids is 1. The first-order valence-corrected chi connectivity index (χ1v) is 9.09. The van der Waals surface area contributed by atoms with Gasteiger partial charge >= 0.3 is 6.03 Å². The van der Waals surface area contributed by atoms with Crippen molar-refractivity contribution in [2.45, 2.75) is 19.4 Å². The van der Waals surface area contributed by atoms with E-state index in [1.54, 1.807) is 12.1 Å². The van der Waals surface area contributed by atoms with Crippen molar-refractivity contribution in [3.05, 3.63) is 65.2 Å². The van der Waals surface area contributed by atoms with Crippen molar-refractivity contribution >= 4 is 23.3 Å². The van der Waals surface area contributed by atoms with Gasteiger partial charge in [0, 0.05) is 42.9 Å². The van der Waals surface area contributed by atoms with E-state index in [9.17, 15) is 4.79 Å². The number of nitrogens with zero attached hydrogens (tertiary/aromatic N) is 2. The Bertz CT molecular complexity index is 690. The summed E-state index contributed by atoms with van der Waals surface area (Å²) >= 11 is 5.88. The maximum Gasteiger partial charge on any atom is 0.321 e. The van der Waals surface area contributed by atoms with E-state index in [4.69, 9.17) is 11.6 Å². The van der Waals surface area contributed by atoms with Crippen molar-refractivity contribution in [2.75, 3.05) is 31.5 Å². The first kappa shape index (κ1) is 17.8. The van der Waals surface area contributed by atoms with E-state index in [1.165, 1.54) is 5.56 Å². The Morgan fingerprint density at radius 1 is 1.12 bits per heavy atom. The molecule has 0 radical (unpaired) electrons. The lowest BCUT2D eigenvalue weighted by Crippen LogP contribution is -2.54. The predicted octanol–water partition coefficient (Wildman–Crippen LogP) is 4.12. The Balaban J connectivity index is 1.49. The van der Waals surface area contributed by atoms with Crippen LogP contribution in [0.25, 0.3) is 0 Å². The van der Waals surface area contributed by atoms with Gasteiger partial charge in [-0.05, 0) is 43.2 Å². The summed E-state index contributed by atoms with van der Waals surface area (Å²) in [6.07, 6.45) is 1.04. The molecule has 2 aromatic rings. The van der Waals surface area contributed by atoms with Crippen LogP contribution in [0.1, 0.15) is 12.5 Å². The van der Waals surface area contributed by atoms with Crippen molar-refractivity contribution in [2.24, 2.45) is 0 Å². The fourth-order valence-corrected chi connectivity index (χ4v) is 3.29. The van der Waals surface area contributed by atoms with Gasteiger partial charge in [-0.3, -0.25) is 4.90 Å². The quantitative estimate of drug-likeness (QED) is 0.893. The van der Waals surface area contributed by atoms with E-state index in [0.29, 0.717) is 11.1 Å². The van der Waals surface area contributed by atoms with E-state index in [-0.39, 0.29) is 6.03 Å². The van der Waals surface area contributed by atoms with Gasteiger partial charge in [-0.2, -0.15) is 0 Å². The highest BCUT2D eigenvalue weighted by molar-refractivity contribution is 6.30. The summed E-state index contributed by atoms with van der Waals surface area (Å²) in [5, 5.41) is 3.61. The highest BCUT2D eigenvalue weighted by atomic mass is 35.5. The molecule has 0 spiro atoms. The second kappa shape index (κ2) is 8.37. The molecule has 0 saturated carbocycles. The van der Waals surface area contributed by atoms with Gasteiger partial charge in [-0.1, -0.05) is 41.9 Å². The minimum Gasteiger partial charge on any atom is -0.322 e. The first-order chi connectivity index (χ1) is 12.1. The molecule has 0 bridgehead atoms. The van der Waals surface area contributed by atoms with Crippen LogP contribution in [0.2, 0.25) is 5.02 Å². The molecule has 1 saturated heterocycles. The van der Waals surface area contributed by atoms with Crippen molar-refractivity contribution in [3.8, 4) is 0 Å². The number of anilines is 1. The molecule has 1 heterocycles. The van der Waals surface area contributed by atoms with Gasteiger partial charge in [0.25, 0.3) is 0 Å². The summed E-state index contributed by atoms with van der Waals surface area (Å²) in [5.74, 6) is 0. The normalized spacial score (nSPS) is 18.2. The zero-order chi connectivity index (χ0) is 17.6. The molecule has 1 atom stereocenters. The van der Waals surface area contributed by atoms with Gasteiger partial charge in [0.15, 0.2) is 0 Å². The van der Waals surface area contributed by atoms with Crippen LogP contribution in [-0.4, -0.2) is 48.1 Å². The second-order valence-electron chi connectivity index (χ2n) is 6.50. The molecular formula is C20H24ClN3O. The van der Waals surface area contributed by atoms with E-state index >= 15 is 0 Å². The molecule has 1 fully saturated rings. The Labute approximate surface area is 154 Å². The molecule has 5 heteroatoms. The molecule has 1 N–H and O–H groups in total. The number of hydrogen-bond donors (Lipinski definition) is 1. The molecule has 132 valence electrons. The van der Waals surface area contributed by atoms with Crippen LogP contribution >= 0.6 is 11.6 Å². The first-order valence-electron chi connectivity index (χ1n) is 8.71. The lowest BCUT2D eigenvalue weighted by molar-refractivity contribution is 0.104. The van der Waals surface area contributed by atoms with Crippen molar-refractivity contribution in [1.29, 1.82) is 0 Å². The molecule has 25 heavy (non-hydrogen) atoms. The fraction of sp³-hybridized carbons (Fsp3) is 0.350. The maximum atomic E-state index is 12.4. The highest BCUT2D eigenvalue weighted by Gasteiger charge is 2.26. The van der Waals surface area contributed by atoms with Gasteiger partial charge < -0.3 is 10.2 Å². The number of piperazine rings is 1. The summed E-state index contributed by atoms with van der Waals surface area (Å²) in [5.41, 5.74) is 2.13. The number of carbonyl (C=O) groups is 1. The monoisotopic (exact) mass is 357 g/mol. The summed E-state index contributed by atoms with van der Waals surface area (Å²) < 4.78 is 0. The zero-order valence-corrected chi connectivity index (χ0v) is 15.2. The van der Waals surface area contributed by atoms with Gasteiger partial charge in [0.1, 0.15) is 0 Å². The largest absolute Gasteiger partial charge is 0.322 e. The number of nitrogens with one attached hydrogen (secondary N) is 1. The zero-order valence-electron chi connectivity index (χ0n) is 14.5. The molecule has 2 aromatic carbocycles. The molecule has 1 aliphatic rings. The van der Waals surface area contributed by atoms with Crippen molar-refractivity contribution < 1.29 is 4.79 Å². The standard InChI is InChI=1S/C20H24ClN3O/c1-16-15-24(20(25)22-19-9-7-18(21)8-10-19)14-13-23(16)12-11-17-5-3-2-4-6-17/h2-10,16H,11-15H2,1H3,(H,22,25). The van der Waals surface area contributed by atoms with Gasteiger partial charge in [-0.15, -0.1) is 0 Å². The van der Waals surface area contributed by atoms with Crippen LogP contribution in [-0.2, 0) is 6.42 Å². The number of urea groups is 1. The van der Waals surface area contributed by atoms with E-state index < -0.39 is 0 Å². The smallest absolute Gasteiger partial charge is 0.321 e. The third-order valence-corrected chi connectivity index (χ3v) is 4.93. The highest BCUT2D eigenvalue weighted by Crippen LogP contribution is 2.16. The number of hydrogen-bond acceptors (Lipinski definition) is 2.